The van der Waals surface area contributed by atoms with Gasteiger partial charge in [0.2, 0.25) is 0 Å². The van der Waals surface area contributed by atoms with Gasteiger partial charge in [-0.1, -0.05) is 23.7 Å². The predicted octanol–water partition coefficient (Wildman–Crippen LogP) is 4.08. The molecule has 160 valence electrons. The van der Waals surface area contributed by atoms with E-state index >= 15 is 0 Å². The molecular weight excluding hydrogens is 418 g/mol. The average molecular weight is 446 g/mol. The van der Waals surface area contributed by atoms with Crippen LogP contribution in [-0.4, -0.2) is 49.4 Å². The Balaban J connectivity index is 1.36. The maximum absolute atomic E-state index is 12.8. The molecule has 2 unspecified atom stereocenters. The highest BCUT2D eigenvalue weighted by Gasteiger charge is 2.44. The van der Waals surface area contributed by atoms with Crippen LogP contribution in [0.15, 0.2) is 36.4 Å². The number of nitrogens with one attached hydrogen (secondary N) is 2. The van der Waals surface area contributed by atoms with Crippen molar-refractivity contribution in [2.75, 3.05) is 20.6 Å². The molecule has 1 aromatic heterocycles. The topological polar surface area (TPSA) is 61.4 Å². The van der Waals surface area contributed by atoms with Crippen LogP contribution in [0.4, 0.5) is 0 Å². The van der Waals surface area contributed by atoms with Gasteiger partial charge in [-0.3, -0.25) is 9.59 Å². The number of benzene rings is 1. The van der Waals surface area contributed by atoms with E-state index in [0.717, 1.165) is 25.8 Å². The molecule has 1 heterocycles. The smallest absolute Gasteiger partial charge is 0.261 e. The van der Waals surface area contributed by atoms with Gasteiger partial charge in [0.1, 0.15) is 0 Å². The van der Waals surface area contributed by atoms with Gasteiger partial charge in [0.05, 0.1) is 9.21 Å². The van der Waals surface area contributed by atoms with E-state index < -0.39 is 0 Å². The third-order valence-electron chi connectivity index (χ3n) is 6.18. The minimum Gasteiger partial charge on any atom is -0.347 e. The lowest BCUT2D eigenvalue weighted by Crippen LogP contribution is -2.48. The summed E-state index contributed by atoms with van der Waals surface area (Å²) in [6.07, 6.45) is 5.12. The first-order chi connectivity index (χ1) is 14.4. The van der Waals surface area contributed by atoms with Gasteiger partial charge >= 0.3 is 0 Å². The molecule has 0 aliphatic heterocycles. The Kier molecular flexibility index (Phi) is 6.19. The Morgan fingerprint density at radius 2 is 1.67 bits per heavy atom. The maximum atomic E-state index is 12.8. The number of nitrogens with zero attached hydrogens (tertiary/aromatic N) is 1. The number of likely N-dealkylation sites (N-methyl/N-ethyl adjacent to an activating group) is 1. The van der Waals surface area contributed by atoms with Crippen LogP contribution in [0.2, 0.25) is 4.34 Å². The third-order valence-corrected chi connectivity index (χ3v) is 7.41. The Bertz CT molecular complexity index is 921. The van der Waals surface area contributed by atoms with Crippen molar-refractivity contribution >= 4 is 34.8 Å². The summed E-state index contributed by atoms with van der Waals surface area (Å²) in [7, 11) is 4.21. The molecule has 0 bridgehead atoms. The van der Waals surface area contributed by atoms with Crippen LogP contribution >= 0.6 is 22.9 Å². The minimum absolute atomic E-state index is 0.0555. The van der Waals surface area contributed by atoms with Gasteiger partial charge < -0.3 is 15.5 Å². The van der Waals surface area contributed by atoms with Gasteiger partial charge in [-0.15, -0.1) is 11.3 Å². The average Bonchev–Trinajstić information content (AvgIpc) is 3.13. The van der Waals surface area contributed by atoms with E-state index in [4.69, 9.17) is 11.6 Å². The molecule has 2 amide bonds. The van der Waals surface area contributed by atoms with Crippen LogP contribution in [0.25, 0.3) is 0 Å². The van der Waals surface area contributed by atoms with Gasteiger partial charge in [-0.05, 0) is 76.0 Å². The van der Waals surface area contributed by atoms with Crippen molar-refractivity contribution in [3.63, 3.8) is 0 Å². The number of hydrogen-bond donors (Lipinski definition) is 2. The fourth-order valence-electron chi connectivity index (χ4n) is 4.50. The molecular formula is C23H28ClN3O2S. The van der Waals surface area contributed by atoms with Crippen LogP contribution in [0.5, 0.6) is 0 Å². The first-order valence-corrected chi connectivity index (χ1v) is 11.7. The normalized spacial score (nSPS) is 22.1. The number of hydrogen-bond acceptors (Lipinski definition) is 4. The third kappa shape index (κ3) is 4.71. The fraction of sp³-hybridized carbons (Fsp3) is 0.478. The van der Waals surface area contributed by atoms with Gasteiger partial charge in [0, 0.05) is 29.6 Å². The Morgan fingerprint density at radius 3 is 2.20 bits per heavy atom. The van der Waals surface area contributed by atoms with Crippen molar-refractivity contribution in [2.24, 2.45) is 0 Å². The number of thiophene rings is 1. The number of carbonyl (C=O) groups excluding carboxylic acids is 2. The zero-order valence-electron chi connectivity index (χ0n) is 17.4. The summed E-state index contributed by atoms with van der Waals surface area (Å²) in [5, 5.41) is 6.19. The molecule has 4 rings (SSSR count). The molecule has 5 nitrogen and oxygen atoms in total. The monoisotopic (exact) mass is 445 g/mol. The molecule has 0 saturated heterocycles. The number of halogens is 1. The van der Waals surface area contributed by atoms with E-state index in [1.165, 1.54) is 29.7 Å². The first kappa shape index (κ1) is 21.3. The Morgan fingerprint density at radius 1 is 1.03 bits per heavy atom. The van der Waals surface area contributed by atoms with Gasteiger partial charge in [-0.25, -0.2) is 0 Å². The van der Waals surface area contributed by atoms with Crippen LogP contribution in [-0.2, 0) is 5.41 Å². The molecule has 0 radical (unpaired) electrons. The van der Waals surface area contributed by atoms with E-state index in [1.807, 2.05) is 12.1 Å². The van der Waals surface area contributed by atoms with Crippen molar-refractivity contribution in [3.05, 3.63) is 56.7 Å². The lowest BCUT2D eigenvalue weighted by atomic mass is 9.94. The standard InChI is InChI=1S/C23H28ClN3O2S/c1-27(2)14-23(12-13-23)16-8-6-15(7-9-16)21(28)25-17-4-3-5-18(17)26-22(29)19-10-11-20(24)30-19/h6-11,17-18H,3-5,12-14H2,1-2H3,(H,25,28)(H,26,29). The van der Waals surface area contributed by atoms with Gasteiger partial charge in [-0.2, -0.15) is 0 Å². The summed E-state index contributed by atoms with van der Waals surface area (Å²) in [4.78, 5) is 28.1. The Hall–Kier alpha value is -1.89. The van der Waals surface area contributed by atoms with Crippen molar-refractivity contribution in [2.45, 2.75) is 49.6 Å². The van der Waals surface area contributed by atoms with Crippen LogP contribution in [0.1, 0.15) is 57.7 Å². The molecule has 30 heavy (non-hydrogen) atoms. The fourth-order valence-corrected chi connectivity index (χ4v) is 5.45. The lowest BCUT2D eigenvalue weighted by Gasteiger charge is -2.23. The SMILES string of the molecule is CN(C)CC1(c2ccc(C(=O)NC3CCCC3NC(=O)c3ccc(Cl)s3)cc2)CC1. The second-order valence-electron chi connectivity index (χ2n) is 8.79. The van der Waals surface area contributed by atoms with Crippen molar-refractivity contribution in [1.29, 1.82) is 0 Å². The Labute approximate surface area is 186 Å². The first-order valence-electron chi connectivity index (χ1n) is 10.5. The van der Waals surface area contributed by atoms with Gasteiger partial charge in [0.15, 0.2) is 0 Å². The van der Waals surface area contributed by atoms with Crippen LogP contribution in [0, 0.1) is 0 Å². The highest BCUT2D eigenvalue weighted by atomic mass is 35.5. The maximum Gasteiger partial charge on any atom is 0.261 e. The molecule has 2 N–H and O–H groups in total. The molecule has 2 fully saturated rings. The van der Waals surface area contributed by atoms with E-state index in [-0.39, 0.29) is 29.3 Å². The predicted molar refractivity (Wildman–Crippen MR) is 122 cm³/mol. The zero-order valence-corrected chi connectivity index (χ0v) is 19.0. The number of rotatable bonds is 7. The van der Waals surface area contributed by atoms with E-state index in [0.29, 0.717) is 14.8 Å². The lowest BCUT2D eigenvalue weighted by molar-refractivity contribution is 0.0894. The van der Waals surface area contributed by atoms with Crippen molar-refractivity contribution in [3.8, 4) is 0 Å². The highest BCUT2D eigenvalue weighted by molar-refractivity contribution is 7.18. The molecule has 2 saturated carbocycles. The molecule has 0 spiro atoms. The molecule has 2 aliphatic carbocycles. The quantitative estimate of drug-likeness (QED) is 0.675. The van der Waals surface area contributed by atoms with E-state index in [9.17, 15) is 9.59 Å². The van der Waals surface area contributed by atoms with Crippen LogP contribution in [0.3, 0.4) is 0 Å². The summed E-state index contributed by atoms with van der Waals surface area (Å²) in [5.74, 6) is -0.206. The number of amides is 2. The highest BCUT2D eigenvalue weighted by Crippen LogP contribution is 2.48. The molecule has 1 aromatic carbocycles. The molecule has 2 aromatic rings. The van der Waals surface area contributed by atoms with Crippen molar-refractivity contribution in [1.82, 2.24) is 15.5 Å². The van der Waals surface area contributed by atoms with Crippen LogP contribution < -0.4 is 10.6 Å². The zero-order chi connectivity index (χ0) is 21.3. The van der Waals surface area contributed by atoms with E-state index in [2.05, 4.69) is 41.8 Å². The summed E-state index contributed by atoms with van der Waals surface area (Å²) in [5.41, 5.74) is 2.24. The van der Waals surface area contributed by atoms with E-state index in [1.54, 1.807) is 12.1 Å². The summed E-state index contributed by atoms with van der Waals surface area (Å²) >= 11 is 7.20. The molecule has 7 heteroatoms. The summed E-state index contributed by atoms with van der Waals surface area (Å²) in [6.45, 7) is 1.04. The second kappa shape index (κ2) is 8.69. The summed E-state index contributed by atoms with van der Waals surface area (Å²) < 4.78 is 0.596. The minimum atomic E-state index is -0.127. The summed E-state index contributed by atoms with van der Waals surface area (Å²) in [6, 6.07) is 11.4. The van der Waals surface area contributed by atoms with Crippen molar-refractivity contribution < 1.29 is 9.59 Å². The molecule has 2 atom stereocenters. The number of carbonyl (C=O) groups is 2. The second-order valence-corrected chi connectivity index (χ2v) is 10.5. The van der Waals surface area contributed by atoms with Gasteiger partial charge in [0.25, 0.3) is 11.8 Å². The largest absolute Gasteiger partial charge is 0.347 e. The molecule has 2 aliphatic rings.